The summed E-state index contributed by atoms with van der Waals surface area (Å²) < 4.78 is 12.4. The number of anilines is 1. The molecule has 0 saturated heterocycles. The molecule has 6 heteroatoms. The Bertz CT molecular complexity index is 329. The fourth-order valence-corrected chi connectivity index (χ4v) is 0.703. The molecule has 0 radical (unpaired) electrons. The second-order valence-electron chi connectivity index (χ2n) is 2.14. The van der Waals surface area contributed by atoms with Crippen molar-refractivity contribution in [3.8, 4) is 6.07 Å². The zero-order valence-corrected chi connectivity index (χ0v) is 7.16. The molecule has 0 unspecified atom stereocenters. The van der Waals surface area contributed by atoms with Crippen LogP contribution in [-0.4, -0.2) is 28.5 Å². The molecule has 0 saturated carbocycles. The van der Waals surface area contributed by atoms with Crippen LogP contribution in [0.5, 0.6) is 0 Å². The van der Waals surface area contributed by atoms with Crippen LogP contribution >= 0.6 is 0 Å². The number of nitrogens with zero attached hydrogens (tertiary/aromatic N) is 4. The summed E-state index contributed by atoms with van der Waals surface area (Å²) in [4.78, 5) is 14.0. The summed E-state index contributed by atoms with van der Waals surface area (Å²) in [6, 6.07) is 2.73. The minimum atomic E-state index is -0.786. The molecule has 0 aliphatic heterocycles. The van der Waals surface area contributed by atoms with Crippen molar-refractivity contribution in [3.05, 3.63) is 17.3 Å². The zero-order valence-electron chi connectivity index (χ0n) is 7.16. The average molecular weight is 182 g/mol. The van der Waals surface area contributed by atoms with Crippen LogP contribution in [0.1, 0.15) is 6.42 Å². The van der Waals surface area contributed by atoms with Crippen LogP contribution < -0.4 is 5.32 Å². The quantitative estimate of drug-likeness (QED) is 0.701. The molecule has 1 N–H and O–H groups in total. The molecule has 0 aromatic carbocycles. The first-order chi connectivity index (χ1) is 6.33. The Balaban J connectivity index is 2.39. The van der Waals surface area contributed by atoms with Crippen molar-refractivity contribution in [1.82, 2.24) is 15.0 Å². The molecule has 1 heterocycles. The Hall–Kier alpha value is -1.77. The van der Waals surface area contributed by atoms with E-state index in [1.165, 1.54) is 0 Å². The first-order valence-corrected chi connectivity index (χ1v) is 3.73. The van der Waals surface area contributed by atoms with Gasteiger partial charge >= 0.3 is 6.08 Å². The summed E-state index contributed by atoms with van der Waals surface area (Å²) in [5.74, 6) is 0.227. The van der Waals surface area contributed by atoms with Gasteiger partial charge in [-0.3, -0.25) is 0 Å². The lowest BCUT2D eigenvalue weighted by Crippen LogP contribution is -2.06. The summed E-state index contributed by atoms with van der Waals surface area (Å²) in [5.41, 5.74) is 0. The predicted molar refractivity (Wildman–Crippen MR) is 46.1 cm³/mol. The van der Waals surface area contributed by atoms with E-state index in [2.05, 4.69) is 31.2 Å². The Morgan fingerprint density at radius 3 is 3.15 bits per heavy atom. The normalized spacial score (nSPS) is 8.77. The zero-order chi connectivity index (χ0) is 9.52. The van der Waals surface area contributed by atoms with Crippen molar-refractivity contribution >= 4 is 5.95 Å². The highest BCUT2D eigenvalue weighted by Crippen LogP contribution is 1.94. The maximum absolute atomic E-state index is 12.4. The minimum Gasteiger partial charge on any atom is -0.353 e. The molecule has 0 spiro atoms. The van der Waals surface area contributed by atoms with Gasteiger partial charge in [-0.1, -0.05) is 4.85 Å². The maximum atomic E-state index is 12.4. The molecule has 0 aliphatic carbocycles. The monoisotopic (exact) mass is 182 g/mol. The average Bonchev–Trinajstić information content (AvgIpc) is 2.13. The Morgan fingerprint density at radius 2 is 2.46 bits per heavy atom. The molecule has 1 aromatic rings. The topological polar surface area (TPSA) is 55.1 Å². The highest BCUT2D eigenvalue weighted by Gasteiger charge is 1.97. The first-order valence-electron chi connectivity index (χ1n) is 3.73. The number of nitrogens with one attached hydrogen (secondary N) is 1. The van der Waals surface area contributed by atoms with Gasteiger partial charge < -0.3 is 5.32 Å². The molecule has 5 nitrogen and oxygen atoms in total. The number of halogens is 1. The third kappa shape index (κ3) is 3.42. The van der Waals surface area contributed by atoms with E-state index in [1.807, 2.05) is 0 Å². The van der Waals surface area contributed by atoms with Gasteiger partial charge in [0, 0.05) is 6.54 Å². The molecule has 0 aliphatic rings. The van der Waals surface area contributed by atoms with Crippen LogP contribution in [0.3, 0.4) is 0 Å². The van der Waals surface area contributed by atoms with Gasteiger partial charge in [0.2, 0.25) is 5.95 Å². The number of rotatable bonds is 3. The maximum Gasteiger partial charge on any atom is 0.313 e. The van der Waals surface area contributed by atoms with Gasteiger partial charge in [0.25, 0.3) is 13.1 Å². The van der Waals surface area contributed by atoms with Crippen molar-refractivity contribution in [1.29, 1.82) is 0 Å². The molecule has 0 atom stereocenters. The lowest BCUT2D eigenvalue weighted by molar-refractivity contribution is 0.534. The van der Waals surface area contributed by atoms with E-state index >= 15 is 0 Å². The van der Waals surface area contributed by atoms with E-state index in [-0.39, 0.29) is 5.95 Å². The standard InChI is InChI=1S/C7H9FN5/c1-9-3-2-4-10-7-12-5-11-6(8)13-7/h5H,2,4H2,1H3,(H,10,11,12,13)/q+1. The molecule has 68 valence electrons. The van der Waals surface area contributed by atoms with Crippen molar-refractivity contribution < 1.29 is 4.39 Å². The van der Waals surface area contributed by atoms with Gasteiger partial charge in [-0.05, 0) is 0 Å². The first kappa shape index (κ1) is 9.32. The second kappa shape index (κ2) is 4.98. The van der Waals surface area contributed by atoms with Gasteiger partial charge in [0.1, 0.15) is 6.33 Å². The van der Waals surface area contributed by atoms with Gasteiger partial charge in [-0.25, -0.2) is 4.98 Å². The van der Waals surface area contributed by atoms with Crippen molar-refractivity contribution in [2.45, 2.75) is 6.42 Å². The molecule has 0 fully saturated rings. The van der Waals surface area contributed by atoms with Crippen LogP contribution in [-0.2, 0) is 0 Å². The van der Waals surface area contributed by atoms with Crippen LogP contribution in [0.2, 0.25) is 0 Å². The third-order valence-corrected chi connectivity index (χ3v) is 1.22. The number of hydrogen-bond donors (Lipinski definition) is 1. The fraction of sp³-hybridized carbons (Fsp3) is 0.429. The van der Waals surface area contributed by atoms with Gasteiger partial charge in [-0.15, -0.1) is 0 Å². The summed E-state index contributed by atoms with van der Waals surface area (Å²) in [7, 11) is 1.64. The molecule has 1 rings (SSSR count). The summed E-state index contributed by atoms with van der Waals surface area (Å²) in [6.07, 6.45) is 0.956. The predicted octanol–water partition coefficient (Wildman–Crippen LogP) is 0.775. The Labute approximate surface area is 74.9 Å². The number of aromatic nitrogens is 3. The van der Waals surface area contributed by atoms with Gasteiger partial charge in [0.15, 0.2) is 0 Å². The van der Waals surface area contributed by atoms with Crippen LogP contribution in [0.25, 0.3) is 4.85 Å². The van der Waals surface area contributed by atoms with E-state index in [9.17, 15) is 4.39 Å². The van der Waals surface area contributed by atoms with Crippen molar-refractivity contribution in [3.63, 3.8) is 0 Å². The molecular weight excluding hydrogens is 173 g/mol. The fourth-order valence-electron chi connectivity index (χ4n) is 0.703. The largest absolute Gasteiger partial charge is 0.353 e. The molecule has 0 amide bonds. The van der Waals surface area contributed by atoms with Crippen molar-refractivity contribution in [2.24, 2.45) is 0 Å². The van der Waals surface area contributed by atoms with Gasteiger partial charge in [-0.2, -0.15) is 14.4 Å². The summed E-state index contributed by atoms with van der Waals surface area (Å²) in [6.45, 7) is 0.570. The van der Waals surface area contributed by atoms with E-state index in [4.69, 9.17) is 0 Å². The SMILES string of the molecule is C[N+]#CCCNc1ncnc(F)n1. The van der Waals surface area contributed by atoms with Crippen LogP contribution in [0.15, 0.2) is 6.33 Å². The van der Waals surface area contributed by atoms with Crippen molar-refractivity contribution in [2.75, 3.05) is 18.9 Å². The Kier molecular flexibility index (Phi) is 3.57. The third-order valence-electron chi connectivity index (χ3n) is 1.22. The molecule has 1 aromatic heterocycles. The van der Waals surface area contributed by atoms with E-state index in [0.717, 1.165) is 6.33 Å². The molecule has 13 heavy (non-hydrogen) atoms. The smallest absolute Gasteiger partial charge is 0.313 e. The minimum absolute atomic E-state index is 0.227. The van der Waals surface area contributed by atoms with Crippen LogP contribution in [0.4, 0.5) is 10.3 Å². The molecule has 0 bridgehead atoms. The highest BCUT2D eigenvalue weighted by atomic mass is 19.1. The Morgan fingerprint density at radius 1 is 1.62 bits per heavy atom. The van der Waals surface area contributed by atoms with Crippen LogP contribution in [0, 0.1) is 12.1 Å². The van der Waals surface area contributed by atoms with E-state index in [1.54, 1.807) is 7.05 Å². The highest BCUT2D eigenvalue weighted by molar-refractivity contribution is 5.20. The lowest BCUT2D eigenvalue weighted by atomic mass is 10.5. The summed E-state index contributed by atoms with van der Waals surface area (Å²) in [5, 5.41) is 2.80. The van der Waals surface area contributed by atoms with E-state index < -0.39 is 6.08 Å². The number of hydrogen-bond acceptors (Lipinski definition) is 4. The van der Waals surface area contributed by atoms with Gasteiger partial charge in [0.05, 0.1) is 6.42 Å². The summed E-state index contributed by atoms with van der Waals surface area (Å²) >= 11 is 0. The van der Waals surface area contributed by atoms with E-state index in [0.29, 0.717) is 13.0 Å². The molecular formula is C7H9FN5+. The lowest BCUT2D eigenvalue weighted by Gasteiger charge is -1.98. The second-order valence-corrected chi connectivity index (χ2v) is 2.14.